The van der Waals surface area contributed by atoms with Crippen LogP contribution in [0.25, 0.3) is 83.9 Å². The molecule has 1 N–H and O–H groups in total. The van der Waals surface area contributed by atoms with Crippen LogP contribution in [0.2, 0.25) is 0 Å². The van der Waals surface area contributed by atoms with Crippen molar-refractivity contribution >= 4 is 11.0 Å². The predicted octanol–water partition coefficient (Wildman–Crippen LogP) is 17.0. The summed E-state index contributed by atoms with van der Waals surface area (Å²) in [6, 6.07) is 54.7. The second-order valence-electron chi connectivity index (χ2n) is 20.5. The number of benzene rings is 7. The van der Waals surface area contributed by atoms with E-state index in [0.29, 0.717) is 45.2 Å². The third kappa shape index (κ3) is 10.2. The van der Waals surface area contributed by atoms with Crippen molar-refractivity contribution in [2.75, 3.05) is 0 Å². The monoisotopic (exact) mass is 1090 g/mol. The van der Waals surface area contributed by atoms with Crippen molar-refractivity contribution < 1.29 is 38.5 Å². The standard InChI is InChI=1S/C64H64N3O.Pt/c1-41(2)33-47-37-52(29-30-53(47)44-21-16-13-17-22-44)67-58-24-18-23-54(59(58)66-61(67)55-39-51(63(6,7)8)40-56(60(55)68)64(9,10)11)48-34-46(42-19-14-12-15-20-42)35-49(36-48)57-38-45(31-32-65-57)43-25-27-50(28-26-43)62(3,4)5;/h12-32,34-35,37-41,68H,33H2,1-11H3;/q-1;/i3D3,4D3,5D3;. The minimum Gasteiger partial charge on any atom is -0.507 e. The number of rotatable bonds is 9. The Labute approximate surface area is 437 Å². The Hall–Kier alpha value is -6.35. The first-order chi connectivity index (χ1) is 36.1. The van der Waals surface area contributed by atoms with Crippen molar-refractivity contribution in [2.24, 2.45) is 5.92 Å². The Kier molecular flexibility index (Phi) is 10.7. The first-order valence-corrected chi connectivity index (χ1v) is 23.4. The molecule has 7 aromatic carbocycles. The van der Waals surface area contributed by atoms with Gasteiger partial charge >= 0.3 is 0 Å². The van der Waals surface area contributed by atoms with Crippen LogP contribution in [0.3, 0.4) is 0 Å². The molecule has 0 aliphatic carbocycles. The molecular formula is C64H64N3OPt-. The van der Waals surface area contributed by atoms with Gasteiger partial charge in [0.2, 0.25) is 0 Å². The number of phenols is 1. The van der Waals surface area contributed by atoms with E-state index in [2.05, 4.69) is 133 Å². The molecule has 0 radical (unpaired) electrons. The fraction of sp³-hybridized carbons (Fsp3) is 0.250. The molecule has 0 bridgehead atoms. The smallest absolute Gasteiger partial charge is 0.148 e. The number of aromatic nitrogens is 3. The zero-order valence-electron chi connectivity index (χ0n) is 49.5. The molecule has 2 aromatic heterocycles. The summed E-state index contributed by atoms with van der Waals surface area (Å²) in [7, 11) is 0. The third-order valence-electron chi connectivity index (χ3n) is 12.7. The van der Waals surface area contributed by atoms with Gasteiger partial charge in [-0.05, 0) is 103 Å². The van der Waals surface area contributed by atoms with Crippen molar-refractivity contribution in [1.29, 1.82) is 0 Å². The van der Waals surface area contributed by atoms with E-state index < -0.39 is 31.4 Å². The van der Waals surface area contributed by atoms with Crippen molar-refractivity contribution in [3.05, 3.63) is 192 Å². The minimum absolute atomic E-state index is 0. The maximum atomic E-state index is 12.6. The van der Waals surface area contributed by atoms with Gasteiger partial charge in [-0.3, -0.25) is 9.55 Å². The Morgan fingerprint density at radius 1 is 0.580 bits per heavy atom. The van der Waals surface area contributed by atoms with Crippen LogP contribution in [0.5, 0.6) is 5.75 Å². The molecule has 0 saturated carbocycles. The van der Waals surface area contributed by atoms with Crippen molar-refractivity contribution in [2.45, 2.75) is 98.6 Å². The first kappa shape index (κ1) is 38.5. The van der Waals surface area contributed by atoms with Crippen LogP contribution in [0.1, 0.15) is 111 Å². The van der Waals surface area contributed by atoms with E-state index in [1.807, 2.05) is 60.7 Å². The second kappa shape index (κ2) is 19.2. The van der Waals surface area contributed by atoms with Gasteiger partial charge in [-0.25, -0.2) is 4.98 Å². The molecule has 5 heteroatoms. The average molecular weight is 1100 g/mol. The first-order valence-electron chi connectivity index (χ1n) is 27.9. The van der Waals surface area contributed by atoms with Crippen molar-refractivity contribution in [1.82, 2.24) is 14.5 Å². The summed E-state index contributed by atoms with van der Waals surface area (Å²) in [6.07, 6.45) is 2.50. The van der Waals surface area contributed by atoms with Gasteiger partial charge in [0.25, 0.3) is 0 Å². The number of phenolic OH excluding ortho intramolecular Hbond substituents is 1. The number of hydrogen-bond acceptors (Lipinski definition) is 3. The summed E-state index contributed by atoms with van der Waals surface area (Å²) in [6.45, 7) is 7.22. The maximum Gasteiger partial charge on any atom is 0.148 e. The van der Waals surface area contributed by atoms with Gasteiger partial charge < -0.3 is 5.11 Å². The minimum atomic E-state index is -3.38. The summed E-state index contributed by atoms with van der Waals surface area (Å²) in [5, 5.41) is 12.6. The van der Waals surface area contributed by atoms with Crippen LogP contribution in [-0.2, 0) is 43.7 Å². The summed E-state index contributed by atoms with van der Waals surface area (Å²) in [4.78, 5) is 10.4. The molecule has 0 aliphatic heterocycles. The summed E-state index contributed by atoms with van der Waals surface area (Å²) >= 11 is 0. The van der Waals surface area contributed by atoms with Gasteiger partial charge in [0.15, 0.2) is 0 Å². The van der Waals surface area contributed by atoms with E-state index in [4.69, 9.17) is 22.3 Å². The average Bonchev–Trinajstić information content (AvgIpc) is 3.22. The molecule has 0 amide bonds. The van der Waals surface area contributed by atoms with Crippen molar-refractivity contribution in [3.63, 3.8) is 0 Å². The van der Waals surface area contributed by atoms with Crippen molar-refractivity contribution in [3.8, 4) is 78.6 Å². The Morgan fingerprint density at radius 2 is 1.25 bits per heavy atom. The number of imidazole rings is 1. The van der Waals surface area contributed by atoms with Gasteiger partial charge in [-0.15, -0.1) is 23.8 Å². The molecule has 9 rings (SSSR count). The number of fused-ring (bicyclic) bond motifs is 1. The van der Waals surface area contributed by atoms with Gasteiger partial charge in [-0.2, -0.15) is 0 Å². The van der Waals surface area contributed by atoms with Gasteiger partial charge in [0, 0.05) is 56.5 Å². The fourth-order valence-electron chi connectivity index (χ4n) is 9.12. The fourth-order valence-corrected chi connectivity index (χ4v) is 9.12. The summed E-state index contributed by atoms with van der Waals surface area (Å²) < 4.78 is 76.3. The number of nitrogens with zero attached hydrogens (tertiary/aromatic N) is 3. The molecule has 352 valence electrons. The van der Waals surface area contributed by atoms with Crippen LogP contribution < -0.4 is 0 Å². The Morgan fingerprint density at radius 3 is 1.90 bits per heavy atom. The Bertz CT molecular complexity index is 3590. The number of para-hydroxylation sites is 1. The zero-order valence-corrected chi connectivity index (χ0v) is 42.8. The SMILES string of the molecule is [2H]C([2H])([2H])C(c1ccc(-c2ccnc(-c3[c-]c(-c4cccc5c4nc(-c4cc(C(C)(C)C)cc(C(C)(C)C)c4O)n5-c4ccc(-c5ccccc5)c(CC(C)C)c4)cc(-c4ccccc4)c3)c2)cc1)(C([2H])([2H])[2H])C([2H])([2H])[2H].[Pt]. The normalized spacial score (nSPS) is 14.6. The quantitative estimate of drug-likeness (QED) is 0.147. The molecule has 0 aliphatic rings. The number of aromatic hydroxyl groups is 1. The molecule has 2 heterocycles. The molecule has 69 heavy (non-hydrogen) atoms. The number of hydrogen-bond donors (Lipinski definition) is 1. The molecule has 4 nitrogen and oxygen atoms in total. The van der Waals surface area contributed by atoms with Crippen LogP contribution in [0.15, 0.2) is 164 Å². The topological polar surface area (TPSA) is 50.9 Å². The molecule has 0 spiro atoms. The van der Waals surface area contributed by atoms with Crippen LogP contribution >= 0.6 is 0 Å². The molecule has 0 saturated heterocycles. The van der Waals surface area contributed by atoms with E-state index >= 15 is 0 Å². The number of pyridine rings is 1. The van der Waals surface area contributed by atoms with E-state index in [1.54, 1.807) is 24.4 Å². The van der Waals surface area contributed by atoms with Gasteiger partial charge in [-0.1, -0.05) is 208 Å². The molecule has 0 unspecified atom stereocenters. The van der Waals surface area contributed by atoms with E-state index in [1.165, 1.54) is 17.7 Å². The van der Waals surface area contributed by atoms with Crippen LogP contribution in [-0.4, -0.2) is 19.6 Å². The molecule has 0 atom stereocenters. The molecule has 0 fully saturated rings. The summed E-state index contributed by atoms with van der Waals surface area (Å²) in [5.74, 6) is 1.15. The largest absolute Gasteiger partial charge is 0.507 e. The second-order valence-corrected chi connectivity index (χ2v) is 20.5. The molecular weight excluding hydrogens is 1020 g/mol. The van der Waals surface area contributed by atoms with E-state index in [9.17, 15) is 5.11 Å². The maximum absolute atomic E-state index is 12.6. The molecule has 9 aromatic rings. The van der Waals surface area contributed by atoms with Gasteiger partial charge in [0.1, 0.15) is 11.6 Å². The zero-order chi connectivity index (χ0) is 55.6. The third-order valence-corrected chi connectivity index (χ3v) is 12.7. The van der Waals surface area contributed by atoms with Gasteiger partial charge in [0.05, 0.1) is 16.6 Å². The predicted molar refractivity (Wildman–Crippen MR) is 287 cm³/mol. The van der Waals surface area contributed by atoms with Crippen LogP contribution in [0, 0.1) is 12.0 Å². The van der Waals surface area contributed by atoms with Crippen LogP contribution in [0.4, 0.5) is 0 Å². The summed E-state index contributed by atoms with van der Waals surface area (Å²) in [5.41, 5.74) is 10.3. The Balaban J connectivity index is 0.00000803. The van der Waals surface area contributed by atoms with E-state index in [0.717, 1.165) is 62.1 Å². The van der Waals surface area contributed by atoms with E-state index in [-0.39, 0.29) is 37.8 Å².